The average molecular weight is 371 g/mol. The Labute approximate surface area is 167 Å². The Kier molecular flexibility index (Phi) is 4.34. The van der Waals surface area contributed by atoms with Crippen molar-refractivity contribution in [2.75, 3.05) is 0 Å². The molecule has 0 heterocycles. The molecular weight excluding hydrogens is 340 g/mol. The van der Waals surface area contributed by atoms with Crippen LogP contribution in [0.4, 0.5) is 0 Å². The van der Waals surface area contributed by atoms with Crippen LogP contribution in [-0.4, -0.2) is 9.52 Å². The third kappa shape index (κ3) is 2.70. The summed E-state index contributed by atoms with van der Waals surface area (Å²) in [5, 5.41) is 0. The van der Waals surface area contributed by atoms with Gasteiger partial charge in [-0.1, -0.05) is 35.4 Å². The van der Waals surface area contributed by atoms with Crippen LogP contribution in [0, 0.1) is 38.8 Å². The van der Waals surface area contributed by atoms with E-state index in [-0.39, 0.29) is 0 Å². The van der Waals surface area contributed by atoms with Crippen molar-refractivity contribution in [1.29, 1.82) is 0 Å². The highest BCUT2D eigenvalue weighted by atomic mass is 28.2. The lowest BCUT2D eigenvalue weighted by atomic mass is 9.99. The first-order chi connectivity index (χ1) is 12.7. The molecule has 2 radical (unpaired) electrons. The van der Waals surface area contributed by atoms with E-state index in [2.05, 4.69) is 79.7 Å². The number of hydrogen-bond acceptors (Lipinski definition) is 0. The van der Waals surface area contributed by atoms with E-state index >= 15 is 0 Å². The third-order valence-corrected chi connectivity index (χ3v) is 9.64. The number of aryl methyl sites for hydroxylation is 4. The first-order valence-electron chi connectivity index (χ1n) is 10.0. The second-order valence-electron chi connectivity index (χ2n) is 8.60. The van der Waals surface area contributed by atoms with Gasteiger partial charge in [0.15, 0.2) is 0 Å². The molecule has 0 unspecified atom stereocenters. The molecule has 0 saturated heterocycles. The molecule has 0 amide bonds. The van der Waals surface area contributed by atoms with Crippen molar-refractivity contribution in [2.24, 2.45) is 0 Å². The molecule has 2 aliphatic carbocycles. The summed E-state index contributed by atoms with van der Waals surface area (Å²) in [6.45, 7) is 18.2. The van der Waals surface area contributed by atoms with Crippen LogP contribution in [0.15, 0.2) is 35.4 Å². The van der Waals surface area contributed by atoms with E-state index in [1.165, 1.54) is 66.8 Å². The minimum Gasteiger partial charge on any atom is -0.0617 e. The van der Waals surface area contributed by atoms with Gasteiger partial charge < -0.3 is 0 Å². The number of hydrogen-bond donors (Lipinski definition) is 0. The second kappa shape index (κ2) is 6.34. The van der Waals surface area contributed by atoms with E-state index in [0.29, 0.717) is 0 Å². The molecule has 0 aromatic heterocycles. The molecule has 2 aromatic carbocycles. The van der Waals surface area contributed by atoms with Crippen molar-refractivity contribution >= 4 is 20.7 Å². The molecule has 0 N–H and O–H groups in total. The lowest BCUT2D eigenvalue weighted by Crippen LogP contribution is -2.18. The summed E-state index contributed by atoms with van der Waals surface area (Å²) >= 11 is 0. The largest absolute Gasteiger partial charge is 0.0617 e. The zero-order valence-electron chi connectivity index (χ0n) is 18.0. The molecule has 0 aliphatic heterocycles. The van der Waals surface area contributed by atoms with Gasteiger partial charge in [0.05, 0.1) is 9.52 Å². The fourth-order valence-corrected chi connectivity index (χ4v) is 7.03. The van der Waals surface area contributed by atoms with Gasteiger partial charge in [-0.05, 0) is 111 Å². The smallest absolute Gasteiger partial charge is 0.0575 e. The Morgan fingerprint density at radius 2 is 0.704 bits per heavy atom. The molecule has 0 spiro atoms. The lowest BCUT2D eigenvalue weighted by molar-refractivity contribution is 1.26. The fraction of sp³-hybridized carbons (Fsp3) is 0.308. The maximum absolute atomic E-state index is 2.44. The summed E-state index contributed by atoms with van der Waals surface area (Å²) < 4.78 is 0. The van der Waals surface area contributed by atoms with E-state index in [4.69, 9.17) is 0 Å². The predicted octanol–water partition coefficient (Wildman–Crippen LogP) is 6.16. The van der Waals surface area contributed by atoms with Crippen LogP contribution in [0.25, 0.3) is 11.1 Å². The summed E-state index contributed by atoms with van der Waals surface area (Å²) in [6, 6.07) is 9.69. The van der Waals surface area contributed by atoms with Crippen molar-refractivity contribution in [3.8, 4) is 0 Å². The van der Waals surface area contributed by atoms with E-state index < -0.39 is 9.52 Å². The summed E-state index contributed by atoms with van der Waals surface area (Å²) in [5.74, 6) is 0. The van der Waals surface area contributed by atoms with Crippen molar-refractivity contribution in [2.45, 2.75) is 55.4 Å². The molecule has 0 nitrogen and oxygen atoms in total. The predicted molar refractivity (Wildman–Crippen MR) is 122 cm³/mol. The first-order valence-corrected chi connectivity index (χ1v) is 11.4. The van der Waals surface area contributed by atoms with Crippen molar-refractivity contribution in [1.82, 2.24) is 0 Å². The van der Waals surface area contributed by atoms with E-state index in [0.717, 1.165) is 0 Å². The summed E-state index contributed by atoms with van der Waals surface area (Å²) in [7, 11) is -0.551. The van der Waals surface area contributed by atoms with Gasteiger partial charge in [0, 0.05) is 11.1 Å². The highest BCUT2D eigenvalue weighted by Gasteiger charge is 2.35. The van der Waals surface area contributed by atoms with Crippen molar-refractivity contribution < 1.29 is 0 Å². The Morgan fingerprint density at radius 1 is 0.407 bits per heavy atom. The van der Waals surface area contributed by atoms with E-state index in [1.54, 1.807) is 11.1 Å². The van der Waals surface area contributed by atoms with Crippen molar-refractivity contribution in [3.05, 3.63) is 91.0 Å². The molecule has 27 heavy (non-hydrogen) atoms. The van der Waals surface area contributed by atoms with Crippen LogP contribution in [-0.2, 0) is 0 Å². The quantitative estimate of drug-likeness (QED) is 0.555. The molecule has 4 rings (SSSR count). The van der Waals surface area contributed by atoms with Crippen LogP contribution in [0.1, 0.15) is 72.2 Å². The highest BCUT2D eigenvalue weighted by molar-refractivity contribution is 6.56. The van der Waals surface area contributed by atoms with Gasteiger partial charge in [0.2, 0.25) is 0 Å². The third-order valence-electron chi connectivity index (χ3n) is 7.11. The average Bonchev–Trinajstić information content (AvgIpc) is 2.98. The lowest BCUT2D eigenvalue weighted by Gasteiger charge is -2.21. The number of fused-ring (bicyclic) bond motifs is 2. The van der Waals surface area contributed by atoms with Gasteiger partial charge in [-0.25, -0.2) is 0 Å². The molecule has 2 aromatic rings. The minimum atomic E-state index is -0.551. The zero-order chi connectivity index (χ0) is 19.6. The zero-order valence-corrected chi connectivity index (χ0v) is 19.4. The number of benzene rings is 2. The van der Waals surface area contributed by atoms with Gasteiger partial charge in [-0.3, -0.25) is 0 Å². The van der Waals surface area contributed by atoms with Gasteiger partial charge in [0.1, 0.15) is 0 Å². The second-order valence-corrected chi connectivity index (χ2v) is 10.4. The van der Waals surface area contributed by atoms with Crippen LogP contribution in [0.2, 0.25) is 0 Å². The van der Waals surface area contributed by atoms with Crippen LogP contribution < -0.4 is 0 Å². The normalized spacial score (nSPS) is 17.2. The Morgan fingerprint density at radius 3 is 1.04 bits per heavy atom. The maximum Gasteiger partial charge on any atom is 0.0575 e. The highest BCUT2D eigenvalue weighted by Crippen LogP contribution is 2.47. The van der Waals surface area contributed by atoms with Gasteiger partial charge in [-0.2, -0.15) is 0 Å². The molecule has 0 atom stereocenters. The maximum atomic E-state index is 2.44. The minimum absolute atomic E-state index is 0.551. The van der Waals surface area contributed by atoms with Gasteiger partial charge in [0.25, 0.3) is 0 Å². The molecule has 0 fully saturated rings. The standard InChI is InChI=1S/C26H30Si/c1-13-9-21-17(5)19(7)25(23(21)11-15(13)3)27-26-20(8)18(6)22-10-14(2)16(4)12-24(22)26/h9-12H,27H2,1-8H3. The Bertz CT molecular complexity index is 949. The van der Waals surface area contributed by atoms with Crippen LogP contribution >= 0.6 is 0 Å². The molecular formula is C26H30Si. The SMILES string of the molecule is CC1=C(C)c2cc(C)c(C)cc2[C]1[SiH2][C]1C(C)=C(C)c2cc(C)c(C)cc21. The molecule has 0 saturated carbocycles. The Hall–Kier alpha value is -1.86. The van der Waals surface area contributed by atoms with Crippen LogP contribution in [0.5, 0.6) is 0 Å². The molecule has 2 aliphatic rings. The van der Waals surface area contributed by atoms with E-state index in [1.807, 2.05) is 0 Å². The molecule has 138 valence electrons. The topological polar surface area (TPSA) is 0 Å². The summed E-state index contributed by atoms with van der Waals surface area (Å²) in [5.41, 5.74) is 20.9. The Balaban J connectivity index is 1.79. The van der Waals surface area contributed by atoms with Crippen LogP contribution in [0.3, 0.4) is 0 Å². The monoisotopic (exact) mass is 370 g/mol. The van der Waals surface area contributed by atoms with Crippen molar-refractivity contribution in [3.63, 3.8) is 0 Å². The number of allylic oxidation sites excluding steroid dienone is 4. The van der Waals surface area contributed by atoms with Gasteiger partial charge >= 0.3 is 0 Å². The summed E-state index contributed by atoms with van der Waals surface area (Å²) in [6.07, 6.45) is 0. The summed E-state index contributed by atoms with van der Waals surface area (Å²) in [4.78, 5) is 0. The molecule has 1 heteroatoms. The first kappa shape index (κ1) is 18.5. The molecule has 0 bridgehead atoms. The van der Waals surface area contributed by atoms with Gasteiger partial charge in [-0.15, -0.1) is 0 Å². The fourth-order valence-electron chi connectivity index (χ4n) is 4.65. The van der Waals surface area contributed by atoms with E-state index in [9.17, 15) is 0 Å². The number of rotatable bonds is 2.